The number of rotatable bonds is 7. The Bertz CT molecular complexity index is 995. The Hall–Kier alpha value is -3.07. The molecule has 4 rings (SSSR count). The predicted octanol–water partition coefficient (Wildman–Crippen LogP) is 1.67. The van der Waals surface area contributed by atoms with Gasteiger partial charge < -0.3 is 15.1 Å². The first kappa shape index (κ1) is 22.1. The monoisotopic (exact) mass is 454 g/mol. The lowest BCUT2D eigenvalue weighted by molar-refractivity contribution is -0.138. The van der Waals surface area contributed by atoms with Crippen molar-refractivity contribution in [3.05, 3.63) is 52.5 Å². The molecule has 0 aromatic carbocycles. The highest BCUT2D eigenvalue weighted by molar-refractivity contribution is 7.08. The van der Waals surface area contributed by atoms with Crippen LogP contribution in [-0.2, 0) is 20.8 Å². The summed E-state index contributed by atoms with van der Waals surface area (Å²) in [5, 5.41) is 6.38. The number of pyridine rings is 1. The van der Waals surface area contributed by atoms with Gasteiger partial charge in [-0.25, -0.2) is 0 Å². The zero-order valence-electron chi connectivity index (χ0n) is 17.9. The van der Waals surface area contributed by atoms with Crippen molar-refractivity contribution in [2.75, 3.05) is 13.1 Å². The summed E-state index contributed by atoms with van der Waals surface area (Å²) in [7, 11) is 0. The van der Waals surface area contributed by atoms with E-state index in [4.69, 9.17) is 0 Å². The minimum absolute atomic E-state index is 0.0118. The predicted molar refractivity (Wildman–Crippen MR) is 119 cm³/mol. The standard InChI is InChI=1S/C23H26N4O4S/c1-2-4-17(25-22(30)16-7-10-32-14-16)23(31)26-9-6-18-21(26)19(28)13-27(18)20(29)11-15-5-3-8-24-12-15/h3,5,7-8,10,12,14,17-18,21H,2,4,6,9,11,13H2,1H3,(H,25,30). The molecule has 0 aliphatic carbocycles. The molecule has 2 aromatic rings. The minimum atomic E-state index is -0.695. The van der Waals surface area contributed by atoms with Crippen LogP contribution in [0.4, 0.5) is 0 Å². The summed E-state index contributed by atoms with van der Waals surface area (Å²) in [6, 6.07) is 3.67. The fourth-order valence-electron chi connectivity index (χ4n) is 4.55. The van der Waals surface area contributed by atoms with Crippen LogP contribution in [0, 0.1) is 0 Å². The highest BCUT2D eigenvalue weighted by Crippen LogP contribution is 2.31. The van der Waals surface area contributed by atoms with Gasteiger partial charge in [0.2, 0.25) is 11.8 Å². The Kier molecular flexibility index (Phi) is 6.64. The lowest BCUT2D eigenvalue weighted by atomic mass is 10.1. The number of nitrogens with one attached hydrogen (secondary N) is 1. The molecule has 0 radical (unpaired) electrons. The molecule has 1 N–H and O–H groups in total. The summed E-state index contributed by atoms with van der Waals surface area (Å²) in [6.07, 6.45) is 5.22. The van der Waals surface area contributed by atoms with Crippen LogP contribution < -0.4 is 5.32 Å². The minimum Gasteiger partial charge on any atom is -0.340 e. The third-order valence-corrected chi connectivity index (χ3v) is 6.75. The first-order valence-corrected chi connectivity index (χ1v) is 11.8. The zero-order valence-corrected chi connectivity index (χ0v) is 18.7. The van der Waals surface area contributed by atoms with Gasteiger partial charge >= 0.3 is 0 Å². The molecule has 2 fully saturated rings. The van der Waals surface area contributed by atoms with Gasteiger partial charge in [0, 0.05) is 24.3 Å². The molecule has 4 heterocycles. The number of aromatic nitrogens is 1. The van der Waals surface area contributed by atoms with Crippen molar-refractivity contribution < 1.29 is 19.2 Å². The number of ketones is 1. The van der Waals surface area contributed by atoms with Gasteiger partial charge in [-0.15, -0.1) is 0 Å². The van der Waals surface area contributed by atoms with Gasteiger partial charge in [-0.2, -0.15) is 11.3 Å². The summed E-state index contributed by atoms with van der Waals surface area (Å²) < 4.78 is 0. The Morgan fingerprint density at radius 2 is 2.12 bits per heavy atom. The summed E-state index contributed by atoms with van der Waals surface area (Å²) in [5.74, 6) is -0.804. The molecular weight excluding hydrogens is 428 g/mol. The summed E-state index contributed by atoms with van der Waals surface area (Å²) in [4.78, 5) is 58.8. The van der Waals surface area contributed by atoms with Crippen LogP contribution in [0.25, 0.3) is 0 Å². The third kappa shape index (κ3) is 4.43. The second-order valence-electron chi connectivity index (χ2n) is 8.19. The van der Waals surface area contributed by atoms with E-state index in [0.29, 0.717) is 31.4 Å². The van der Waals surface area contributed by atoms with E-state index >= 15 is 0 Å². The van der Waals surface area contributed by atoms with Crippen LogP contribution in [0.3, 0.4) is 0 Å². The van der Waals surface area contributed by atoms with Gasteiger partial charge in [-0.1, -0.05) is 19.4 Å². The summed E-state index contributed by atoms with van der Waals surface area (Å²) >= 11 is 1.42. The molecule has 3 unspecified atom stereocenters. The number of carbonyl (C=O) groups is 4. The molecule has 3 amide bonds. The number of hydrogen-bond donors (Lipinski definition) is 1. The molecule has 0 spiro atoms. The van der Waals surface area contributed by atoms with Gasteiger partial charge in [0.05, 0.1) is 24.6 Å². The molecule has 2 aromatic heterocycles. The third-order valence-electron chi connectivity index (χ3n) is 6.07. The fraction of sp³-hybridized carbons (Fsp3) is 0.435. The number of nitrogens with zero attached hydrogens (tertiary/aromatic N) is 3. The lowest BCUT2D eigenvalue weighted by Crippen LogP contribution is -2.52. The fourth-order valence-corrected chi connectivity index (χ4v) is 5.19. The molecule has 0 bridgehead atoms. The molecular formula is C23H26N4O4S. The maximum absolute atomic E-state index is 13.3. The Morgan fingerprint density at radius 1 is 1.28 bits per heavy atom. The maximum atomic E-state index is 13.3. The van der Waals surface area contributed by atoms with Crippen molar-refractivity contribution in [1.82, 2.24) is 20.1 Å². The average molecular weight is 455 g/mol. The van der Waals surface area contributed by atoms with E-state index in [1.165, 1.54) is 11.3 Å². The van der Waals surface area contributed by atoms with Crippen LogP contribution >= 0.6 is 11.3 Å². The normalized spacial score (nSPS) is 20.8. The zero-order chi connectivity index (χ0) is 22.7. The van der Waals surface area contributed by atoms with Crippen molar-refractivity contribution in [3.8, 4) is 0 Å². The van der Waals surface area contributed by atoms with Crippen molar-refractivity contribution >= 4 is 34.8 Å². The van der Waals surface area contributed by atoms with Gasteiger partial charge in [-0.05, 0) is 35.9 Å². The second kappa shape index (κ2) is 9.60. The van der Waals surface area contributed by atoms with E-state index in [2.05, 4.69) is 10.3 Å². The summed E-state index contributed by atoms with van der Waals surface area (Å²) in [6.45, 7) is 2.35. The Labute approximate surface area is 190 Å². The molecule has 9 heteroatoms. The van der Waals surface area contributed by atoms with E-state index in [1.54, 1.807) is 39.7 Å². The molecule has 8 nitrogen and oxygen atoms in total. The molecule has 2 aliphatic heterocycles. The Morgan fingerprint density at radius 3 is 2.81 bits per heavy atom. The number of carbonyl (C=O) groups excluding carboxylic acids is 4. The van der Waals surface area contributed by atoms with Gasteiger partial charge in [0.25, 0.3) is 5.91 Å². The number of likely N-dealkylation sites (tertiary alicyclic amines) is 2. The first-order valence-electron chi connectivity index (χ1n) is 10.8. The van der Waals surface area contributed by atoms with Crippen molar-refractivity contribution in [3.63, 3.8) is 0 Å². The number of fused-ring (bicyclic) bond motifs is 1. The van der Waals surface area contributed by atoms with E-state index in [1.807, 2.05) is 18.4 Å². The highest BCUT2D eigenvalue weighted by Gasteiger charge is 2.52. The van der Waals surface area contributed by atoms with E-state index in [-0.39, 0.29) is 42.5 Å². The summed E-state index contributed by atoms with van der Waals surface area (Å²) in [5.41, 5.74) is 1.31. The van der Waals surface area contributed by atoms with Gasteiger partial charge in [-0.3, -0.25) is 24.2 Å². The van der Waals surface area contributed by atoms with Crippen molar-refractivity contribution in [1.29, 1.82) is 0 Å². The van der Waals surface area contributed by atoms with Gasteiger partial charge in [0.15, 0.2) is 5.78 Å². The molecule has 2 saturated heterocycles. The number of amides is 3. The van der Waals surface area contributed by atoms with E-state index in [9.17, 15) is 19.2 Å². The van der Waals surface area contributed by atoms with Crippen LogP contribution in [0.15, 0.2) is 41.4 Å². The smallest absolute Gasteiger partial charge is 0.252 e. The molecule has 2 aliphatic rings. The van der Waals surface area contributed by atoms with Crippen molar-refractivity contribution in [2.24, 2.45) is 0 Å². The highest BCUT2D eigenvalue weighted by atomic mass is 32.1. The molecule has 168 valence electrons. The molecule has 3 atom stereocenters. The quantitative estimate of drug-likeness (QED) is 0.686. The molecule has 0 saturated carbocycles. The van der Waals surface area contributed by atoms with E-state index < -0.39 is 12.1 Å². The number of hydrogen-bond acceptors (Lipinski definition) is 6. The van der Waals surface area contributed by atoms with Crippen LogP contribution in [0.1, 0.15) is 42.1 Å². The maximum Gasteiger partial charge on any atom is 0.252 e. The molecule has 32 heavy (non-hydrogen) atoms. The topological polar surface area (TPSA) is 99.7 Å². The van der Waals surface area contributed by atoms with Crippen molar-refractivity contribution in [2.45, 2.75) is 50.7 Å². The van der Waals surface area contributed by atoms with Crippen LogP contribution in [-0.4, -0.2) is 69.5 Å². The SMILES string of the molecule is CCCC(NC(=O)c1ccsc1)C(=O)N1CCC2C1C(=O)CN2C(=O)Cc1cccnc1. The van der Waals surface area contributed by atoms with Crippen LogP contribution in [0.5, 0.6) is 0 Å². The number of thiophene rings is 1. The lowest BCUT2D eigenvalue weighted by Gasteiger charge is -2.28. The van der Waals surface area contributed by atoms with Crippen LogP contribution in [0.2, 0.25) is 0 Å². The van der Waals surface area contributed by atoms with Gasteiger partial charge in [0.1, 0.15) is 12.1 Å². The Balaban J connectivity index is 1.45. The largest absolute Gasteiger partial charge is 0.340 e. The average Bonchev–Trinajstić information content (AvgIpc) is 3.52. The number of Topliss-reactive ketones (excluding diaryl/α,β-unsaturated/α-hetero) is 1. The second-order valence-corrected chi connectivity index (χ2v) is 8.97. The first-order chi connectivity index (χ1) is 15.5. The van der Waals surface area contributed by atoms with E-state index in [0.717, 1.165) is 5.56 Å².